The summed E-state index contributed by atoms with van der Waals surface area (Å²) in [6, 6.07) is 0. The lowest BCUT2D eigenvalue weighted by molar-refractivity contribution is 0.275. The molecule has 0 aromatic rings. The number of hydrogen-bond donors (Lipinski definition) is 3. The molecule has 0 radical (unpaired) electrons. The molecule has 42 valence electrons. The Labute approximate surface area is 58.9 Å². The van der Waals surface area contributed by atoms with E-state index in [2.05, 4.69) is 0 Å². The highest BCUT2D eigenvalue weighted by Crippen LogP contribution is 2.25. The Morgan fingerprint density at radius 1 is 1.14 bits per heavy atom. The third-order valence-electron chi connectivity index (χ3n) is 0. The molecule has 7 heteroatoms. The van der Waals surface area contributed by atoms with Gasteiger partial charge in [-0.05, 0) is 0 Å². The summed E-state index contributed by atoms with van der Waals surface area (Å²) in [5, 5.41) is 0. The first-order valence-corrected chi connectivity index (χ1v) is 2.35. The van der Waals surface area contributed by atoms with Crippen LogP contribution in [0, 0.1) is 0 Å². The van der Waals surface area contributed by atoms with Crippen LogP contribution < -0.4 is 0 Å². The number of hydrogen-bond acceptors (Lipinski definition) is 1. The van der Waals surface area contributed by atoms with E-state index in [1.54, 1.807) is 0 Å². The van der Waals surface area contributed by atoms with Gasteiger partial charge in [-0.15, -0.1) is 0 Å². The van der Waals surface area contributed by atoms with Crippen molar-refractivity contribution in [3.05, 3.63) is 0 Å². The maximum atomic E-state index is 8.88. The van der Waals surface area contributed by atoms with Crippen molar-refractivity contribution in [3.63, 3.8) is 0 Å². The van der Waals surface area contributed by atoms with Gasteiger partial charge in [-0.3, -0.25) is 0 Å². The van der Waals surface area contributed by atoms with Gasteiger partial charge in [-0.25, -0.2) is 4.57 Å². The molecule has 0 aromatic heterocycles. The van der Waals surface area contributed by atoms with Crippen LogP contribution in [-0.4, -0.2) is 46.1 Å². The largest absolute Gasteiger partial charge is 0.466 e. The highest BCUT2D eigenvalue weighted by Gasteiger charge is 2.00. The predicted octanol–water partition coefficient (Wildman–Crippen LogP) is -3.03. The van der Waals surface area contributed by atoms with E-state index in [-0.39, 0.29) is 31.5 Å². The van der Waals surface area contributed by atoms with Crippen LogP contribution in [0.25, 0.3) is 0 Å². The quantitative estimate of drug-likeness (QED) is 0.246. The normalized spacial score (nSPS) is 8.43. The lowest BCUT2D eigenvalue weighted by Gasteiger charge is -1.82. The Bertz CT molecular complexity index is 57.8. The minimum atomic E-state index is -4.64. The van der Waals surface area contributed by atoms with E-state index in [4.69, 9.17) is 19.2 Å². The minimum absolute atomic E-state index is 0. The second-order valence-electron chi connectivity index (χ2n) is 0.513. The first-order chi connectivity index (χ1) is 2.00. The monoisotopic (exact) mass is 138 g/mol. The third kappa shape index (κ3) is 191. The number of rotatable bonds is 0. The van der Waals surface area contributed by atoms with Crippen molar-refractivity contribution in [1.29, 1.82) is 0 Å². The smallest absolute Gasteiger partial charge is 0.303 e. The van der Waals surface area contributed by atoms with Crippen LogP contribution in [0.4, 0.5) is 0 Å². The summed E-state index contributed by atoms with van der Waals surface area (Å²) in [6.07, 6.45) is 0. The summed E-state index contributed by atoms with van der Waals surface area (Å²) in [5.74, 6) is 0. The van der Waals surface area contributed by atoms with Crippen LogP contribution in [0.5, 0.6) is 0 Å². The van der Waals surface area contributed by atoms with Crippen molar-refractivity contribution in [3.8, 4) is 0 Å². The van der Waals surface area contributed by atoms with Crippen molar-refractivity contribution in [2.24, 2.45) is 0 Å². The molecule has 0 aliphatic carbocycles. The number of phosphoric acid groups is 1. The van der Waals surface area contributed by atoms with E-state index in [1.165, 1.54) is 0 Å². The summed E-state index contributed by atoms with van der Waals surface area (Å²) in [5.41, 5.74) is 0. The molecule has 0 aliphatic heterocycles. The van der Waals surface area contributed by atoms with E-state index in [0.717, 1.165) is 0 Å². The van der Waals surface area contributed by atoms with Gasteiger partial charge in [0.15, 0.2) is 0 Å². The molecule has 0 saturated carbocycles. The first kappa shape index (κ1) is 15.7. The summed E-state index contributed by atoms with van der Waals surface area (Å²) in [7, 11) is -4.64. The zero-order valence-corrected chi connectivity index (χ0v) is 3.09. The van der Waals surface area contributed by atoms with Crippen molar-refractivity contribution in [1.82, 2.24) is 0 Å². The second kappa shape index (κ2) is 5.09. The van der Waals surface area contributed by atoms with E-state index >= 15 is 0 Å². The molecule has 0 rings (SSSR count). The summed E-state index contributed by atoms with van der Waals surface area (Å²) < 4.78 is 8.88. The molecule has 0 spiro atoms. The van der Waals surface area contributed by atoms with Crippen LogP contribution in [0.3, 0.4) is 0 Å². The SMILES string of the molecule is B.O=P(O)(O)O.[MgH2]. The average molecular weight is 138 g/mol. The molecule has 0 amide bonds. The van der Waals surface area contributed by atoms with Gasteiger partial charge >= 0.3 is 30.9 Å². The molecule has 0 fully saturated rings. The maximum Gasteiger partial charge on any atom is 0.466 e. The van der Waals surface area contributed by atoms with Gasteiger partial charge in [-0.1, -0.05) is 0 Å². The molecule has 0 bridgehead atoms. The zero-order valence-electron chi connectivity index (χ0n) is 2.20. The Morgan fingerprint density at radius 2 is 1.14 bits per heavy atom. The van der Waals surface area contributed by atoms with Crippen LogP contribution >= 0.6 is 7.82 Å². The van der Waals surface area contributed by atoms with E-state index in [9.17, 15) is 0 Å². The topological polar surface area (TPSA) is 77.8 Å². The van der Waals surface area contributed by atoms with Crippen molar-refractivity contribution < 1.29 is 19.2 Å². The van der Waals surface area contributed by atoms with Crippen LogP contribution in [0.15, 0.2) is 0 Å². The van der Waals surface area contributed by atoms with Crippen molar-refractivity contribution in [2.75, 3.05) is 0 Å². The standard InChI is InChI=1S/BH3.Mg.H3O4P.2H/c;;1-5(2,3)4;;/h1H3;;(H3,1,2,3,4);;. The Balaban J connectivity index is -0.0000000800. The molecule has 0 unspecified atom stereocenters. The van der Waals surface area contributed by atoms with Crippen molar-refractivity contribution in [2.45, 2.75) is 0 Å². The summed E-state index contributed by atoms with van der Waals surface area (Å²) >= 11 is 0. The predicted molar refractivity (Wildman–Crippen MR) is 32.7 cm³/mol. The lowest BCUT2D eigenvalue weighted by atomic mass is 10.8. The van der Waals surface area contributed by atoms with E-state index in [0.29, 0.717) is 0 Å². The highest BCUT2D eigenvalue weighted by atomic mass is 31.2. The van der Waals surface area contributed by atoms with Crippen LogP contribution in [0.2, 0.25) is 0 Å². The van der Waals surface area contributed by atoms with Crippen molar-refractivity contribution >= 4 is 39.3 Å². The fourth-order valence-electron chi connectivity index (χ4n) is 0. The Kier molecular flexibility index (Phi) is 11.4. The van der Waals surface area contributed by atoms with Gasteiger partial charge in [0.2, 0.25) is 0 Å². The molecule has 4 nitrogen and oxygen atoms in total. The summed E-state index contributed by atoms with van der Waals surface area (Å²) in [6.45, 7) is 0. The molecule has 7 heavy (non-hydrogen) atoms. The van der Waals surface area contributed by atoms with Gasteiger partial charge < -0.3 is 14.7 Å². The second-order valence-corrected chi connectivity index (χ2v) is 1.54. The van der Waals surface area contributed by atoms with Gasteiger partial charge in [-0.2, -0.15) is 0 Å². The molecular formula is H8BMgO4P. The van der Waals surface area contributed by atoms with Gasteiger partial charge in [0.05, 0.1) is 8.41 Å². The molecule has 0 aliphatic rings. The summed E-state index contributed by atoms with van der Waals surface area (Å²) in [4.78, 5) is 21.6. The fraction of sp³-hybridized carbons (Fsp3) is 0. The van der Waals surface area contributed by atoms with Gasteiger partial charge in [0.25, 0.3) is 0 Å². The Hall–Kier alpha value is 0.941. The first-order valence-electron chi connectivity index (χ1n) is 0.783. The highest BCUT2D eigenvalue weighted by molar-refractivity contribution is 7.45. The molecule has 0 heterocycles. The van der Waals surface area contributed by atoms with E-state index < -0.39 is 7.82 Å². The van der Waals surface area contributed by atoms with E-state index in [1.807, 2.05) is 0 Å². The molecule has 0 saturated heterocycles. The maximum absolute atomic E-state index is 8.88. The molecule has 0 atom stereocenters. The van der Waals surface area contributed by atoms with Crippen LogP contribution in [-0.2, 0) is 4.57 Å². The minimum Gasteiger partial charge on any atom is -0.303 e. The zero-order chi connectivity index (χ0) is 4.50. The third-order valence-corrected chi connectivity index (χ3v) is 0. The molecule has 0 aromatic carbocycles. The Morgan fingerprint density at radius 3 is 1.14 bits per heavy atom. The van der Waals surface area contributed by atoms with Gasteiger partial charge in [0.1, 0.15) is 0 Å². The molecule has 3 N–H and O–H groups in total. The lowest BCUT2D eigenvalue weighted by Crippen LogP contribution is -1.66. The van der Waals surface area contributed by atoms with Crippen LogP contribution in [0.1, 0.15) is 0 Å². The fourth-order valence-corrected chi connectivity index (χ4v) is 0. The molecular weight excluding hydrogens is 130 g/mol. The van der Waals surface area contributed by atoms with Gasteiger partial charge in [0, 0.05) is 0 Å². The average Bonchev–Trinajstić information content (AvgIpc) is 0.722.